The largest absolute Gasteiger partial charge is 0.416 e. The molecule has 0 saturated heterocycles. The predicted molar refractivity (Wildman–Crippen MR) is 117 cm³/mol. The van der Waals surface area contributed by atoms with Gasteiger partial charge >= 0.3 is 12.2 Å². The molecular formula is C22H16F3N5O3. The number of halogens is 3. The van der Waals surface area contributed by atoms with Crippen LogP contribution in [0.15, 0.2) is 71.3 Å². The fourth-order valence-electron chi connectivity index (χ4n) is 3.11. The zero-order valence-corrected chi connectivity index (χ0v) is 16.7. The first-order valence-corrected chi connectivity index (χ1v) is 9.51. The lowest BCUT2D eigenvalue weighted by atomic mass is 10.1. The Morgan fingerprint density at radius 1 is 0.848 bits per heavy atom. The van der Waals surface area contributed by atoms with E-state index >= 15 is 0 Å². The molecular weight excluding hydrogens is 439 g/mol. The third kappa shape index (κ3) is 4.87. The van der Waals surface area contributed by atoms with E-state index in [0.29, 0.717) is 22.3 Å². The van der Waals surface area contributed by atoms with E-state index in [-0.39, 0.29) is 17.1 Å². The summed E-state index contributed by atoms with van der Waals surface area (Å²) in [4.78, 5) is 24.8. The Balaban J connectivity index is 1.40. The third-order valence-corrected chi connectivity index (χ3v) is 4.62. The summed E-state index contributed by atoms with van der Waals surface area (Å²) in [5.41, 5.74) is 6.37. The number of anilines is 4. The number of rotatable bonds is 4. The van der Waals surface area contributed by atoms with Crippen molar-refractivity contribution in [1.29, 1.82) is 0 Å². The number of hydrogen-bond acceptors (Lipinski definition) is 5. The van der Waals surface area contributed by atoms with Gasteiger partial charge in [0.2, 0.25) is 0 Å². The van der Waals surface area contributed by atoms with Crippen LogP contribution in [-0.4, -0.2) is 17.1 Å². The van der Waals surface area contributed by atoms with Gasteiger partial charge in [-0.15, -0.1) is 0 Å². The maximum atomic E-state index is 12.8. The first kappa shape index (κ1) is 21.7. The van der Waals surface area contributed by atoms with Crippen LogP contribution in [0.3, 0.4) is 0 Å². The van der Waals surface area contributed by atoms with E-state index in [1.807, 2.05) is 0 Å². The molecule has 0 saturated carbocycles. The molecule has 4 rings (SSSR count). The summed E-state index contributed by atoms with van der Waals surface area (Å²) in [6.45, 7) is 0. The van der Waals surface area contributed by atoms with Gasteiger partial charge in [0.15, 0.2) is 11.4 Å². The quantitative estimate of drug-likeness (QED) is 0.332. The van der Waals surface area contributed by atoms with E-state index in [1.54, 1.807) is 30.3 Å². The van der Waals surface area contributed by atoms with Gasteiger partial charge in [-0.05, 0) is 54.6 Å². The fraction of sp³-hybridized carbons (Fsp3) is 0.0455. The Hall–Kier alpha value is -4.54. The number of carbonyl (C=O) groups is 2. The molecule has 5 N–H and O–H groups in total. The number of amides is 3. The van der Waals surface area contributed by atoms with Crippen LogP contribution in [0, 0.1) is 0 Å². The number of nitrogens with one attached hydrogen (secondary N) is 3. The topological polar surface area (TPSA) is 122 Å². The second kappa shape index (κ2) is 8.54. The molecule has 0 spiro atoms. The summed E-state index contributed by atoms with van der Waals surface area (Å²) in [5, 5.41) is 11.6. The van der Waals surface area contributed by atoms with E-state index < -0.39 is 23.7 Å². The number of nitrogen functional groups attached to an aromatic ring is 1. The highest BCUT2D eigenvalue weighted by atomic mass is 19.4. The maximum absolute atomic E-state index is 12.8. The van der Waals surface area contributed by atoms with Crippen LogP contribution in [0.25, 0.3) is 11.0 Å². The third-order valence-electron chi connectivity index (χ3n) is 4.62. The molecule has 11 heteroatoms. The molecule has 0 aliphatic carbocycles. The summed E-state index contributed by atoms with van der Waals surface area (Å²) in [5.74, 6) is -0.333. The molecule has 1 heterocycles. The normalized spacial score (nSPS) is 11.2. The summed E-state index contributed by atoms with van der Waals surface area (Å²) >= 11 is 0. The molecule has 33 heavy (non-hydrogen) atoms. The molecule has 0 aliphatic heterocycles. The number of carbonyl (C=O) groups excluding carboxylic acids is 2. The minimum Gasteiger partial charge on any atom is -0.380 e. The molecule has 0 aliphatic rings. The van der Waals surface area contributed by atoms with Crippen molar-refractivity contribution in [3.63, 3.8) is 0 Å². The first-order valence-electron chi connectivity index (χ1n) is 9.51. The minimum atomic E-state index is -4.51. The molecule has 8 nitrogen and oxygen atoms in total. The number of urea groups is 1. The molecule has 1 aromatic heterocycles. The van der Waals surface area contributed by atoms with Gasteiger partial charge < -0.3 is 26.2 Å². The summed E-state index contributed by atoms with van der Waals surface area (Å²) in [6, 6.07) is 14.6. The van der Waals surface area contributed by atoms with E-state index in [2.05, 4.69) is 21.1 Å². The van der Waals surface area contributed by atoms with Gasteiger partial charge in [-0.2, -0.15) is 13.2 Å². The number of aromatic nitrogens is 1. The van der Waals surface area contributed by atoms with Gasteiger partial charge in [0.05, 0.1) is 16.5 Å². The van der Waals surface area contributed by atoms with Crippen molar-refractivity contribution in [2.24, 2.45) is 0 Å². The highest BCUT2D eigenvalue weighted by Gasteiger charge is 2.30. The smallest absolute Gasteiger partial charge is 0.380 e. The first-order chi connectivity index (χ1) is 15.7. The summed E-state index contributed by atoms with van der Waals surface area (Å²) < 4.78 is 43.4. The Kier molecular flexibility index (Phi) is 5.61. The zero-order valence-electron chi connectivity index (χ0n) is 16.7. The summed E-state index contributed by atoms with van der Waals surface area (Å²) in [6.07, 6.45) is -4.51. The number of alkyl halides is 3. The average Bonchev–Trinajstić information content (AvgIpc) is 3.16. The molecule has 168 valence electrons. The van der Waals surface area contributed by atoms with Crippen LogP contribution < -0.4 is 21.7 Å². The fourth-order valence-corrected chi connectivity index (χ4v) is 3.11. The molecule has 0 atom stereocenters. The molecule has 3 amide bonds. The van der Waals surface area contributed by atoms with Crippen molar-refractivity contribution in [2.75, 3.05) is 21.7 Å². The van der Waals surface area contributed by atoms with E-state index in [9.17, 15) is 22.8 Å². The van der Waals surface area contributed by atoms with Gasteiger partial charge in [-0.3, -0.25) is 4.79 Å². The van der Waals surface area contributed by atoms with Crippen LogP contribution in [-0.2, 0) is 6.18 Å². The molecule has 3 aromatic carbocycles. The van der Waals surface area contributed by atoms with Crippen molar-refractivity contribution in [3.8, 4) is 0 Å². The number of benzene rings is 3. The second-order valence-electron chi connectivity index (χ2n) is 6.94. The van der Waals surface area contributed by atoms with E-state index in [4.69, 9.17) is 10.3 Å². The number of fused-ring (bicyclic) bond motifs is 1. The summed E-state index contributed by atoms with van der Waals surface area (Å²) in [7, 11) is 0. The lowest BCUT2D eigenvalue weighted by molar-refractivity contribution is -0.137. The van der Waals surface area contributed by atoms with E-state index in [1.165, 1.54) is 24.3 Å². The SMILES string of the molecule is Nc1noc2cccc(C(=O)Nc3ccc(NC(=O)Nc4cccc(C(F)(F)F)c4)cc3)c12. The van der Waals surface area contributed by atoms with Gasteiger partial charge in [-0.1, -0.05) is 17.3 Å². The van der Waals surface area contributed by atoms with Crippen molar-refractivity contribution in [3.05, 3.63) is 77.9 Å². The zero-order chi connectivity index (χ0) is 23.6. The molecule has 4 aromatic rings. The number of nitrogens with two attached hydrogens (primary N) is 1. The predicted octanol–water partition coefficient (Wildman–Crippen LogP) is 5.33. The monoisotopic (exact) mass is 455 g/mol. The molecule has 0 radical (unpaired) electrons. The van der Waals surface area contributed by atoms with E-state index in [0.717, 1.165) is 12.1 Å². The maximum Gasteiger partial charge on any atom is 0.416 e. The Morgan fingerprint density at radius 2 is 1.48 bits per heavy atom. The minimum absolute atomic E-state index is 0.00612. The van der Waals surface area contributed by atoms with Crippen molar-refractivity contribution in [1.82, 2.24) is 5.16 Å². The van der Waals surface area contributed by atoms with Crippen LogP contribution in [0.2, 0.25) is 0 Å². The average molecular weight is 455 g/mol. The molecule has 0 bridgehead atoms. The van der Waals surface area contributed by atoms with Gasteiger partial charge in [0.1, 0.15) is 0 Å². The van der Waals surface area contributed by atoms with Gasteiger partial charge in [0.25, 0.3) is 5.91 Å². The van der Waals surface area contributed by atoms with Crippen LogP contribution >= 0.6 is 0 Å². The Bertz CT molecular complexity index is 1330. The van der Waals surface area contributed by atoms with Crippen molar-refractivity contribution < 1.29 is 27.3 Å². The van der Waals surface area contributed by atoms with Crippen molar-refractivity contribution >= 4 is 45.8 Å². The Morgan fingerprint density at radius 3 is 2.18 bits per heavy atom. The molecule has 0 fully saturated rings. The number of nitrogens with zero attached hydrogens (tertiary/aromatic N) is 1. The van der Waals surface area contributed by atoms with Gasteiger partial charge in [-0.25, -0.2) is 4.79 Å². The second-order valence-corrected chi connectivity index (χ2v) is 6.94. The highest BCUT2D eigenvalue weighted by molar-refractivity contribution is 6.14. The highest BCUT2D eigenvalue weighted by Crippen LogP contribution is 2.30. The van der Waals surface area contributed by atoms with Crippen molar-refractivity contribution in [2.45, 2.75) is 6.18 Å². The molecule has 0 unspecified atom stereocenters. The van der Waals surface area contributed by atoms with Crippen LogP contribution in [0.1, 0.15) is 15.9 Å². The lowest BCUT2D eigenvalue weighted by Gasteiger charge is -2.11. The Labute approximate surface area is 184 Å². The standard InChI is InChI=1S/C22H16F3N5O3/c23-22(24,25)12-3-1-4-15(11-12)29-21(32)28-14-9-7-13(8-10-14)27-20(31)16-5-2-6-17-18(16)19(26)30-33-17/h1-11H,(H2,26,30)(H,27,31)(H2,28,29,32). The number of hydrogen-bond donors (Lipinski definition) is 4. The van der Waals surface area contributed by atoms with Crippen LogP contribution in [0.5, 0.6) is 0 Å². The lowest BCUT2D eigenvalue weighted by Crippen LogP contribution is -2.20. The van der Waals surface area contributed by atoms with Crippen LogP contribution in [0.4, 0.5) is 40.8 Å². The van der Waals surface area contributed by atoms with Gasteiger partial charge in [0, 0.05) is 17.1 Å².